The maximum absolute atomic E-state index is 12.5. The second kappa shape index (κ2) is 6.02. The summed E-state index contributed by atoms with van der Waals surface area (Å²) in [4.78, 5) is 18.4. The third-order valence-corrected chi connectivity index (χ3v) is 4.12. The number of rotatable bonds is 4. The number of pyridine rings is 1. The van der Waals surface area contributed by atoms with Crippen LogP contribution in [0.3, 0.4) is 0 Å². The van der Waals surface area contributed by atoms with E-state index in [2.05, 4.69) is 4.98 Å². The summed E-state index contributed by atoms with van der Waals surface area (Å²) in [5.41, 5.74) is 6.41. The minimum Gasteiger partial charge on any atom is -0.388 e. The van der Waals surface area contributed by atoms with Crippen molar-refractivity contribution in [2.75, 3.05) is 19.3 Å². The number of anilines is 1. The number of likely N-dealkylation sites (N-methyl/N-ethyl adjacent to an activating group) is 1. The van der Waals surface area contributed by atoms with Crippen molar-refractivity contribution in [3.8, 4) is 0 Å². The first-order valence-corrected chi connectivity index (χ1v) is 7.56. The first kappa shape index (κ1) is 15.8. The van der Waals surface area contributed by atoms with Crippen molar-refractivity contribution in [2.24, 2.45) is 0 Å². The molecule has 2 rings (SSSR count). The Balaban J connectivity index is 2.15. The zero-order valence-corrected chi connectivity index (χ0v) is 13.1. The number of amides is 1. The molecule has 0 aliphatic heterocycles. The fraction of sp³-hybridized carbons (Fsp3) is 0.625. The zero-order valence-electron chi connectivity index (χ0n) is 13.1. The minimum atomic E-state index is -0.732. The van der Waals surface area contributed by atoms with Crippen molar-refractivity contribution in [3.05, 3.63) is 23.4 Å². The summed E-state index contributed by atoms with van der Waals surface area (Å²) in [6.07, 6.45) is 3.58. The van der Waals surface area contributed by atoms with Gasteiger partial charge in [-0.15, -0.1) is 0 Å². The Kier molecular flexibility index (Phi) is 4.52. The first-order chi connectivity index (χ1) is 9.81. The molecule has 21 heavy (non-hydrogen) atoms. The lowest BCUT2D eigenvalue weighted by molar-refractivity contribution is 0.0157. The third-order valence-electron chi connectivity index (χ3n) is 4.12. The van der Waals surface area contributed by atoms with E-state index in [-0.39, 0.29) is 11.8 Å². The molecule has 0 radical (unpaired) electrons. The number of nitrogens with two attached hydrogens (primary N) is 1. The molecule has 1 aliphatic rings. The van der Waals surface area contributed by atoms with Crippen LogP contribution in [0.1, 0.15) is 61.5 Å². The lowest BCUT2D eigenvalue weighted by atomic mass is 10.0. The summed E-state index contributed by atoms with van der Waals surface area (Å²) in [6.45, 7) is 4.40. The van der Waals surface area contributed by atoms with Gasteiger partial charge in [-0.25, -0.2) is 4.98 Å². The van der Waals surface area contributed by atoms with Gasteiger partial charge in [0.25, 0.3) is 5.91 Å². The van der Waals surface area contributed by atoms with Gasteiger partial charge in [0, 0.05) is 24.8 Å². The molecule has 5 heteroatoms. The number of hydrogen-bond donors (Lipinski definition) is 2. The summed E-state index contributed by atoms with van der Waals surface area (Å²) in [7, 11) is 1.73. The van der Waals surface area contributed by atoms with Crippen LogP contribution in [0.4, 0.5) is 5.82 Å². The maximum atomic E-state index is 12.5. The summed E-state index contributed by atoms with van der Waals surface area (Å²) in [5.74, 6) is 0.452. The molecule has 0 aromatic carbocycles. The van der Waals surface area contributed by atoms with Crippen molar-refractivity contribution in [2.45, 2.75) is 51.0 Å². The number of nitrogens with zero attached hydrogens (tertiary/aromatic N) is 2. The molecule has 1 saturated carbocycles. The molecule has 0 unspecified atom stereocenters. The Morgan fingerprint density at radius 1 is 1.43 bits per heavy atom. The summed E-state index contributed by atoms with van der Waals surface area (Å²) < 4.78 is 0. The molecule has 1 amide bonds. The molecule has 1 aromatic heterocycles. The van der Waals surface area contributed by atoms with Crippen LogP contribution in [0.5, 0.6) is 0 Å². The average Bonchev–Trinajstić information content (AvgIpc) is 2.83. The Bertz CT molecular complexity index is 522. The maximum Gasteiger partial charge on any atom is 0.253 e. The van der Waals surface area contributed by atoms with E-state index in [1.165, 1.54) is 0 Å². The van der Waals surface area contributed by atoms with Crippen LogP contribution in [-0.2, 0) is 0 Å². The number of hydrogen-bond acceptors (Lipinski definition) is 4. The normalized spacial score (nSPS) is 17.2. The Morgan fingerprint density at radius 2 is 2.05 bits per heavy atom. The van der Waals surface area contributed by atoms with Crippen molar-refractivity contribution in [1.82, 2.24) is 9.88 Å². The number of carbonyl (C=O) groups is 1. The number of carbonyl (C=O) groups excluding carboxylic acids is 1. The highest BCUT2D eigenvalue weighted by molar-refractivity contribution is 5.94. The molecule has 0 saturated heterocycles. The highest BCUT2D eigenvalue weighted by Crippen LogP contribution is 2.30. The van der Waals surface area contributed by atoms with Crippen LogP contribution in [0.15, 0.2) is 12.1 Å². The largest absolute Gasteiger partial charge is 0.388 e. The van der Waals surface area contributed by atoms with E-state index in [1.54, 1.807) is 24.1 Å². The van der Waals surface area contributed by atoms with E-state index < -0.39 is 5.60 Å². The summed E-state index contributed by atoms with van der Waals surface area (Å²) >= 11 is 0. The quantitative estimate of drug-likeness (QED) is 0.891. The van der Waals surface area contributed by atoms with Gasteiger partial charge in [-0.3, -0.25) is 4.79 Å². The van der Waals surface area contributed by atoms with Crippen molar-refractivity contribution in [3.63, 3.8) is 0 Å². The van der Waals surface area contributed by atoms with E-state index in [4.69, 9.17) is 5.73 Å². The monoisotopic (exact) mass is 291 g/mol. The lowest BCUT2D eigenvalue weighted by Gasteiger charge is -2.28. The summed E-state index contributed by atoms with van der Waals surface area (Å²) in [5, 5.41) is 10.4. The van der Waals surface area contributed by atoms with Gasteiger partial charge < -0.3 is 15.7 Å². The highest BCUT2D eigenvalue weighted by atomic mass is 16.3. The lowest BCUT2D eigenvalue weighted by Crippen LogP contribution is -2.42. The van der Waals surface area contributed by atoms with Crippen LogP contribution in [0, 0.1) is 0 Å². The van der Waals surface area contributed by atoms with Gasteiger partial charge in [0.15, 0.2) is 0 Å². The van der Waals surface area contributed by atoms with Crippen molar-refractivity contribution >= 4 is 11.7 Å². The van der Waals surface area contributed by atoms with Gasteiger partial charge in [-0.1, -0.05) is 26.7 Å². The third kappa shape index (κ3) is 3.73. The second-order valence-corrected chi connectivity index (χ2v) is 6.45. The number of aliphatic hydroxyl groups is 1. The van der Waals surface area contributed by atoms with Gasteiger partial charge in [0.05, 0.1) is 5.60 Å². The van der Waals surface area contributed by atoms with Crippen LogP contribution >= 0.6 is 0 Å². The standard InChI is InChI=1S/C16H25N3O2/c1-11(2)13-8-12(9-14(17)18-13)15(20)19(3)10-16(21)6-4-5-7-16/h8-9,11,21H,4-7,10H2,1-3H3,(H2,17,18). The fourth-order valence-electron chi connectivity index (χ4n) is 2.92. The minimum absolute atomic E-state index is 0.119. The molecule has 0 spiro atoms. The van der Waals surface area contributed by atoms with Crippen LogP contribution in [0.25, 0.3) is 0 Å². The van der Waals surface area contributed by atoms with Gasteiger partial charge in [0.1, 0.15) is 5.82 Å². The summed E-state index contributed by atoms with van der Waals surface area (Å²) in [6, 6.07) is 3.39. The van der Waals surface area contributed by atoms with Gasteiger partial charge >= 0.3 is 0 Å². The smallest absolute Gasteiger partial charge is 0.253 e. The zero-order chi connectivity index (χ0) is 15.6. The highest BCUT2D eigenvalue weighted by Gasteiger charge is 2.33. The molecule has 1 heterocycles. The molecular formula is C16H25N3O2. The van der Waals surface area contributed by atoms with Crippen LogP contribution < -0.4 is 5.73 Å². The average molecular weight is 291 g/mol. The molecule has 0 bridgehead atoms. The second-order valence-electron chi connectivity index (χ2n) is 6.45. The van der Waals surface area contributed by atoms with Crippen molar-refractivity contribution in [1.29, 1.82) is 0 Å². The number of aromatic nitrogens is 1. The predicted octanol–water partition coefficient (Wildman–Crippen LogP) is 2.16. The molecule has 116 valence electrons. The van der Waals surface area contributed by atoms with Gasteiger partial charge in [-0.2, -0.15) is 0 Å². The predicted molar refractivity (Wildman–Crippen MR) is 83.1 cm³/mol. The van der Waals surface area contributed by atoms with E-state index >= 15 is 0 Å². The Hall–Kier alpha value is -1.62. The molecule has 3 N–H and O–H groups in total. The van der Waals surface area contributed by atoms with E-state index in [0.29, 0.717) is 17.9 Å². The molecule has 0 atom stereocenters. The van der Waals surface area contributed by atoms with E-state index in [9.17, 15) is 9.90 Å². The molecule has 1 aromatic rings. The molecule has 1 aliphatic carbocycles. The Morgan fingerprint density at radius 3 is 2.62 bits per heavy atom. The van der Waals surface area contributed by atoms with Gasteiger partial charge in [-0.05, 0) is 30.9 Å². The molecular weight excluding hydrogens is 266 g/mol. The van der Waals surface area contributed by atoms with Gasteiger partial charge in [0.2, 0.25) is 0 Å². The van der Waals surface area contributed by atoms with E-state index in [0.717, 1.165) is 31.4 Å². The van der Waals surface area contributed by atoms with Crippen molar-refractivity contribution < 1.29 is 9.90 Å². The SMILES string of the molecule is CC(C)c1cc(C(=O)N(C)CC2(O)CCCC2)cc(N)n1. The van der Waals surface area contributed by atoms with Crippen LogP contribution in [0.2, 0.25) is 0 Å². The Labute approximate surface area is 126 Å². The topological polar surface area (TPSA) is 79.5 Å². The fourth-order valence-corrected chi connectivity index (χ4v) is 2.92. The first-order valence-electron chi connectivity index (χ1n) is 7.56. The number of nitrogen functional groups attached to an aromatic ring is 1. The van der Waals surface area contributed by atoms with Crippen LogP contribution in [-0.4, -0.2) is 40.1 Å². The van der Waals surface area contributed by atoms with E-state index in [1.807, 2.05) is 13.8 Å². The molecule has 1 fully saturated rings. The molecule has 5 nitrogen and oxygen atoms in total.